The van der Waals surface area contributed by atoms with E-state index in [1.54, 1.807) is 6.07 Å². The van der Waals surface area contributed by atoms with Gasteiger partial charge in [-0.05, 0) is 12.1 Å². The van der Waals surface area contributed by atoms with Gasteiger partial charge in [-0.15, -0.1) is 0 Å². The van der Waals surface area contributed by atoms with Gasteiger partial charge in [0.15, 0.2) is 0 Å². The number of nitrogens with zero attached hydrogens (tertiary/aromatic N) is 1. The lowest BCUT2D eigenvalue weighted by atomic mass is 10.2. The highest BCUT2D eigenvalue weighted by Crippen LogP contribution is 1.98. The van der Waals surface area contributed by atoms with E-state index < -0.39 is 17.6 Å². The Bertz CT molecular complexity index is 429. The van der Waals surface area contributed by atoms with Crippen molar-refractivity contribution in [2.45, 2.75) is 6.10 Å². The van der Waals surface area contributed by atoms with Crippen molar-refractivity contribution in [1.29, 1.82) is 0 Å². The van der Waals surface area contributed by atoms with Crippen LogP contribution in [0.5, 0.6) is 0 Å². The van der Waals surface area contributed by atoms with Crippen LogP contribution in [0, 0.1) is 0 Å². The van der Waals surface area contributed by atoms with E-state index >= 15 is 0 Å². The van der Waals surface area contributed by atoms with Crippen LogP contribution >= 0.6 is 0 Å². The number of carbonyl (C=O) groups excluding carboxylic acids is 1. The van der Waals surface area contributed by atoms with E-state index in [2.05, 4.69) is 4.98 Å². The summed E-state index contributed by atoms with van der Waals surface area (Å²) in [5.41, 5.74) is -0.384. The lowest BCUT2D eigenvalue weighted by Gasteiger charge is -2.20. The molecular formula is C11H16N2O4. The average molecular weight is 240 g/mol. The fourth-order valence-electron chi connectivity index (χ4n) is 1.44. The number of ether oxygens (including phenoxy) is 1. The third kappa shape index (κ3) is 3.69. The molecule has 2 N–H and O–H groups in total. The van der Waals surface area contributed by atoms with Gasteiger partial charge in [-0.1, -0.05) is 0 Å². The predicted octanol–water partition coefficient (Wildman–Crippen LogP) is -0.546. The minimum Gasteiger partial charge on any atom is -0.389 e. The Morgan fingerprint density at radius 1 is 1.65 bits per heavy atom. The van der Waals surface area contributed by atoms with Crippen LogP contribution in [0.1, 0.15) is 10.4 Å². The van der Waals surface area contributed by atoms with Crippen molar-refractivity contribution in [3.8, 4) is 0 Å². The second-order valence-electron chi connectivity index (χ2n) is 3.71. The maximum atomic E-state index is 11.9. The van der Waals surface area contributed by atoms with Gasteiger partial charge in [-0.3, -0.25) is 9.59 Å². The minimum atomic E-state index is -0.767. The number of hydrogen-bond acceptors (Lipinski definition) is 4. The SMILES string of the molecule is COCC(O)CN(C)C(=O)c1ccc[nH]c1=O. The molecule has 94 valence electrons. The largest absolute Gasteiger partial charge is 0.389 e. The Labute approximate surface area is 98.8 Å². The van der Waals surface area contributed by atoms with Gasteiger partial charge in [0.25, 0.3) is 11.5 Å². The average Bonchev–Trinajstić information content (AvgIpc) is 2.29. The second-order valence-corrected chi connectivity index (χ2v) is 3.71. The Hall–Kier alpha value is -1.66. The quantitative estimate of drug-likeness (QED) is 0.723. The molecule has 1 aromatic heterocycles. The highest BCUT2D eigenvalue weighted by atomic mass is 16.5. The molecule has 0 saturated heterocycles. The number of amides is 1. The van der Waals surface area contributed by atoms with Crippen LogP contribution in [-0.4, -0.2) is 54.3 Å². The number of pyridine rings is 1. The van der Waals surface area contributed by atoms with E-state index in [4.69, 9.17) is 4.74 Å². The van der Waals surface area contributed by atoms with Crippen LogP contribution in [0.4, 0.5) is 0 Å². The number of aromatic amines is 1. The zero-order valence-electron chi connectivity index (χ0n) is 9.84. The summed E-state index contributed by atoms with van der Waals surface area (Å²) in [5.74, 6) is -0.429. The molecule has 17 heavy (non-hydrogen) atoms. The summed E-state index contributed by atoms with van der Waals surface area (Å²) in [5, 5.41) is 9.48. The molecule has 1 heterocycles. The first-order valence-corrected chi connectivity index (χ1v) is 5.16. The number of hydrogen-bond donors (Lipinski definition) is 2. The van der Waals surface area contributed by atoms with Gasteiger partial charge in [0.2, 0.25) is 0 Å². The Morgan fingerprint density at radius 3 is 2.94 bits per heavy atom. The summed E-state index contributed by atoms with van der Waals surface area (Å²) in [4.78, 5) is 27.0. The van der Waals surface area contributed by atoms with Crippen molar-refractivity contribution in [2.75, 3.05) is 27.3 Å². The lowest BCUT2D eigenvalue weighted by molar-refractivity contribution is 0.0379. The van der Waals surface area contributed by atoms with E-state index in [0.717, 1.165) is 0 Å². The first-order chi connectivity index (χ1) is 8.06. The first kappa shape index (κ1) is 13.4. The molecule has 6 heteroatoms. The zero-order chi connectivity index (χ0) is 12.8. The maximum Gasteiger partial charge on any atom is 0.260 e. The van der Waals surface area contributed by atoms with Gasteiger partial charge < -0.3 is 19.7 Å². The van der Waals surface area contributed by atoms with Crippen molar-refractivity contribution >= 4 is 5.91 Å². The molecule has 0 radical (unpaired) electrons. The topological polar surface area (TPSA) is 82.6 Å². The number of aliphatic hydroxyl groups excluding tert-OH is 1. The van der Waals surface area contributed by atoms with E-state index in [0.29, 0.717) is 0 Å². The molecule has 0 saturated carbocycles. The fraction of sp³-hybridized carbons (Fsp3) is 0.455. The van der Waals surface area contributed by atoms with Crippen LogP contribution in [0.3, 0.4) is 0 Å². The molecule has 6 nitrogen and oxygen atoms in total. The monoisotopic (exact) mass is 240 g/mol. The van der Waals surface area contributed by atoms with Crippen LogP contribution in [0.2, 0.25) is 0 Å². The fourth-order valence-corrected chi connectivity index (χ4v) is 1.44. The first-order valence-electron chi connectivity index (χ1n) is 5.16. The normalized spacial score (nSPS) is 12.2. The standard InChI is InChI=1S/C11H16N2O4/c1-13(6-8(14)7-17-2)11(16)9-4-3-5-12-10(9)15/h3-5,8,14H,6-7H2,1-2H3,(H,12,15). The Kier molecular flexibility index (Phi) is 4.86. The Balaban J connectivity index is 2.71. The summed E-state index contributed by atoms with van der Waals surface area (Å²) < 4.78 is 4.76. The van der Waals surface area contributed by atoms with Crippen LogP contribution in [-0.2, 0) is 4.74 Å². The zero-order valence-corrected chi connectivity index (χ0v) is 9.84. The number of aromatic nitrogens is 1. The molecule has 0 bridgehead atoms. The highest BCUT2D eigenvalue weighted by Gasteiger charge is 2.17. The van der Waals surface area contributed by atoms with Crippen molar-refractivity contribution in [3.05, 3.63) is 34.2 Å². The highest BCUT2D eigenvalue weighted by molar-refractivity contribution is 5.93. The second kappa shape index (κ2) is 6.17. The van der Waals surface area contributed by atoms with Crippen molar-refractivity contribution in [1.82, 2.24) is 9.88 Å². The lowest BCUT2D eigenvalue weighted by Crippen LogP contribution is -2.38. The number of aliphatic hydroxyl groups is 1. The maximum absolute atomic E-state index is 11.9. The van der Waals surface area contributed by atoms with Gasteiger partial charge in [0.05, 0.1) is 12.7 Å². The molecule has 1 aromatic rings. The molecule has 1 atom stereocenters. The van der Waals surface area contributed by atoms with Gasteiger partial charge in [0, 0.05) is 26.9 Å². The summed E-state index contributed by atoms with van der Waals surface area (Å²) in [7, 11) is 2.99. The molecule has 0 aliphatic rings. The summed E-state index contributed by atoms with van der Waals surface area (Å²) in [6, 6.07) is 3.02. The summed E-state index contributed by atoms with van der Waals surface area (Å²) in [6.45, 7) is 0.254. The molecule has 0 fully saturated rings. The molecule has 0 aromatic carbocycles. The molecule has 1 rings (SSSR count). The van der Waals surface area contributed by atoms with Crippen molar-refractivity contribution in [2.24, 2.45) is 0 Å². The van der Waals surface area contributed by atoms with Gasteiger partial charge in [-0.2, -0.15) is 0 Å². The molecule has 0 spiro atoms. The number of carbonyl (C=O) groups is 1. The molecule has 1 amide bonds. The van der Waals surface area contributed by atoms with E-state index in [1.807, 2.05) is 0 Å². The third-order valence-electron chi connectivity index (χ3n) is 2.24. The minimum absolute atomic E-state index is 0.0552. The number of likely N-dealkylation sites (N-methyl/N-ethyl adjacent to an activating group) is 1. The van der Waals surface area contributed by atoms with Crippen LogP contribution < -0.4 is 5.56 Å². The van der Waals surface area contributed by atoms with E-state index in [9.17, 15) is 14.7 Å². The molecule has 0 aliphatic heterocycles. The van der Waals surface area contributed by atoms with Gasteiger partial charge in [-0.25, -0.2) is 0 Å². The number of rotatable bonds is 5. The van der Waals surface area contributed by atoms with Crippen molar-refractivity contribution < 1.29 is 14.6 Å². The molecule has 0 aliphatic carbocycles. The predicted molar refractivity (Wildman–Crippen MR) is 61.9 cm³/mol. The van der Waals surface area contributed by atoms with E-state index in [-0.39, 0.29) is 18.7 Å². The third-order valence-corrected chi connectivity index (χ3v) is 2.24. The summed E-state index contributed by atoms with van der Waals surface area (Å²) in [6.07, 6.45) is 0.690. The smallest absolute Gasteiger partial charge is 0.260 e. The van der Waals surface area contributed by atoms with Crippen molar-refractivity contribution in [3.63, 3.8) is 0 Å². The van der Waals surface area contributed by atoms with Gasteiger partial charge in [0.1, 0.15) is 5.56 Å². The van der Waals surface area contributed by atoms with E-state index in [1.165, 1.54) is 31.3 Å². The van der Waals surface area contributed by atoms with Crippen LogP contribution in [0.25, 0.3) is 0 Å². The molecule has 1 unspecified atom stereocenters. The van der Waals surface area contributed by atoms with Crippen LogP contribution in [0.15, 0.2) is 23.1 Å². The van der Waals surface area contributed by atoms with Gasteiger partial charge >= 0.3 is 0 Å². The number of nitrogens with one attached hydrogen (secondary N) is 1. The summed E-state index contributed by atoms with van der Waals surface area (Å²) >= 11 is 0. The number of methoxy groups -OCH3 is 1. The molecular weight excluding hydrogens is 224 g/mol. The Morgan fingerprint density at radius 2 is 2.35 bits per heavy atom. The number of H-pyrrole nitrogens is 1.